The lowest BCUT2D eigenvalue weighted by Crippen LogP contribution is -2.72. The molecule has 24 heteroatoms. The highest BCUT2D eigenvalue weighted by molar-refractivity contribution is 7.90. The number of aliphatic hydroxyl groups is 2. The molecule has 3 N–H and O–H groups in total. The van der Waals surface area contributed by atoms with Crippen LogP contribution < -0.4 is 0 Å². The van der Waals surface area contributed by atoms with Crippen molar-refractivity contribution < 1.29 is 88.7 Å². The average Bonchev–Trinajstić information content (AvgIpc) is 2.63. The van der Waals surface area contributed by atoms with Gasteiger partial charge in [0, 0.05) is 19.6 Å². The standard InChI is InChI=1S/C14H19F13N2O7S2/c1-28(2)3-7(30)4-29(5-8(31)6-37(32,33)34)38(35,36)14(26,27)12(21,22)10(17,18)9(15,16)11(19,20)13(23,24)25/h7-8,30-31H,3-6H2,1-2H3,(H,32,33,34). The fourth-order valence-electron chi connectivity index (χ4n) is 2.60. The van der Waals surface area contributed by atoms with Crippen molar-refractivity contribution >= 4 is 20.1 Å². The van der Waals surface area contributed by atoms with Crippen molar-refractivity contribution in [2.45, 2.75) is 47.3 Å². The van der Waals surface area contributed by atoms with E-state index < -0.39 is 97.2 Å². The normalized spacial score (nSPS) is 17.3. The van der Waals surface area contributed by atoms with Crippen LogP contribution in [0.15, 0.2) is 0 Å². The van der Waals surface area contributed by atoms with Crippen molar-refractivity contribution in [1.82, 2.24) is 9.21 Å². The fraction of sp³-hybridized carbons (Fsp3) is 1.00. The van der Waals surface area contributed by atoms with Gasteiger partial charge in [0.15, 0.2) is 0 Å². The van der Waals surface area contributed by atoms with E-state index in [0.29, 0.717) is 0 Å². The van der Waals surface area contributed by atoms with Gasteiger partial charge in [-0.25, -0.2) is 8.42 Å². The number of rotatable bonds is 14. The van der Waals surface area contributed by atoms with E-state index in [1.54, 1.807) is 0 Å². The van der Waals surface area contributed by atoms with E-state index in [2.05, 4.69) is 0 Å². The molecule has 0 radical (unpaired) electrons. The zero-order valence-corrected chi connectivity index (χ0v) is 20.2. The van der Waals surface area contributed by atoms with Crippen LogP contribution in [-0.2, 0) is 20.1 Å². The van der Waals surface area contributed by atoms with Crippen molar-refractivity contribution in [3.05, 3.63) is 0 Å². The van der Waals surface area contributed by atoms with Crippen LogP contribution in [0.25, 0.3) is 0 Å². The van der Waals surface area contributed by atoms with Gasteiger partial charge in [0.1, 0.15) is 5.75 Å². The van der Waals surface area contributed by atoms with Gasteiger partial charge < -0.3 is 15.1 Å². The molecule has 0 aliphatic rings. The van der Waals surface area contributed by atoms with Gasteiger partial charge in [0.05, 0.1) is 12.2 Å². The number of nitrogens with zero attached hydrogens (tertiary/aromatic N) is 2. The summed E-state index contributed by atoms with van der Waals surface area (Å²) in [5, 5.41) is 11.6. The maximum Gasteiger partial charge on any atom is 0.460 e. The van der Waals surface area contributed by atoms with E-state index in [1.165, 1.54) is 0 Å². The summed E-state index contributed by atoms with van der Waals surface area (Å²) < 4.78 is 227. The minimum absolute atomic E-state index is 0.756. The number of likely N-dealkylation sites (N-methyl/N-ethyl adjacent to an activating group) is 1. The summed E-state index contributed by atoms with van der Waals surface area (Å²) in [6.45, 7) is -4.82. The van der Waals surface area contributed by atoms with Crippen molar-refractivity contribution in [1.29, 1.82) is 0 Å². The monoisotopic (exact) mass is 638 g/mol. The third kappa shape index (κ3) is 6.92. The number of sulfonamides is 1. The van der Waals surface area contributed by atoms with Gasteiger partial charge >= 0.3 is 35.1 Å². The van der Waals surface area contributed by atoms with Crippen LogP contribution in [0.2, 0.25) is 0 Å². The molecule has 0 aromatic rings. The summed E-state index contributed by atoms with van der Waals surface area (Å²) >= 11 is 0. The molecule has 0 bridgehead atoms. The van der Waals surface area contributed by atoms with E-state index in [0.717, 1.165) is 19.0 Å². The molecule has 0 amide bonds. The van der Waals surface area contributed by atoms with Gasteiger partial charge in [0.2, 0.25) is 0 Å². The highest BCUT2D eigenvalue weighted by Gasteiger charge is 2.92. The minimum Gasteiger partial charge on any atom is -0.391 e. The second kappa shape index (κ2) is 11.0. The van der Waals surface area contributed by atoms with Crippen LogP contribution in [0.4, 0.5) is 57.1 Å². The Kier molecular flexibility index (Phi) is 10.6. The zero-order valence-electron chi connectivity index (χ0n) is 18.6. The maximum atomic E-state index is 14.4. The SMILES string of the molecule is CN(C)CC(O)CN(CC(O)CS(=O)(=O)O)S(=O)(=O)C(F)(F)C(F)(F)C(F)(F)C(F)(F)C(F)(F)C(F)(F)F. The van der Waals surface area contributed by atoms with Crippen LogP contribution in [0.5, 0.6) is 0 Å². The second-order valence-electron chi connectivity index (χ2n) is 7.95. The Labute approximate surface area is 205 Å². The maximum absolute atomic E-state index is 14.4. The molecular formula is C14H19F13N2O7S2. The first kappa shape index (κ1) is 36.8. The zero-order chi connectivity index (χ0) is 31.1. The third-order valence-corrected chi connectivity index (χ3v) is 7.06. The van der Waals surface area contributed by atoms with Crippen molar-refractivity contribution in [3.8, 4) is 0 Å². The highest BCUT2D eigenvalue weighted by Crippen LogP contribution is 2.61. The summed E-state index contributed by atoms with van der Waals surface area (Å²) in [6.07, 6.45) is -12.8. The Hall–Kier alpha value is -1.21. The Morgan fingerprint density at radius 3 is 1.34 bits per heavy atom. The Balaban J connectivity index is 6.88. The molecule has 9 nitrogen and oxygen atoms in total. The molecule has 0 fully saturated rings. The molecule has 2 atom stereocenters. The minimum atomic E-state index is -8.45. The van der Waals surface area contributed by atoms with Crippen molar-refractivity contribution in [3.63, 3.8) is 0 Å². The molecule has 0 saturated heterocycles. The number of aliphatic hydroxyl groups excluding tert-OH is 2. The largest absolute Gasteiger partial charge is 0.460 e. The lowest BCUT2D eigenvalue weighted by molar-refractivity contribution is -0.433. The van der Waals surface area contributed by atoms with Crippen molar-refractivity contribution in [2.24, 2.45) is 0 Å². The van der Waals surface area contributed by atoms with E-state index in [4.69, 9.17) is 4.55 Å². The highest BCUT2D eigenvalue weighted by atomic mass is 32.2. The Morgan fingerprint density at radius 1 is 0.632 bits per heavy atom. The third-order valence-electron chi connectivity index (χ3n) is 4.38. The predicted octanol–water partition coefficient (Wildman–Crippen LogP) is 1.49. The lowest BCUT2D eigenvalue weighted by atomic mass is 9.98. The summed E-state index contributed by atoms with van der Waals surface area (Å²) in [4.78, 5) is 0.963. The number of hydrogen-bond donors (Lipinski definition) is 3. The Bertz CT molecular complexity index is 1030. The summed E-state index contributed by atoms with van der Waals surface area (Å²) in [6, 6.07) is 0. The van der Waals surface area contributed by atoms with Crippen LogP contribution >= 0.6 is 0 Å². The molecule has 0 heterocycles. The molecule has 0 spiro atoms. The molecule has 0 aliphatic carbocycles. The van der Waals surface area contributed by atoms with E-state index in [9.17, 15) is 84.1 Å². The van der Waals surface area contributed by atoms with Crippen LogP contribution in [0, 0.1) is 0 Å². The van der Waals surface area contributed by atoms with Crippen molar-refractivity contribution in [2.75, 3.05) is 39.5 Å². The molecular weight excluding hydrogens is 619 g/mol. The van der Waals surface area contributed by atoms with E-state index in [1.807, 2.05) is 0 Å². The predicted molar refractivity (Wildman–Crippen MR) is 98.3 cm³/mol. The number of alkyl halides is 13. The van der Waals surface area contributed by atoms with Gasteiger partial charge in [-0.15, -0.1) is 0 Å². The van der Waals surface area contributed by atoms with Crippen LogP contribution in [0.3, 0.4) is 0 Å². The lowest BCUT2D eigenvalue weighted by Gasteiger charge is -2.40. The first-order valence-electron chi connectivity index (χ1n) is 9.22. The summed E-state index contributed by atoms with van der Waals surface area (Å²) in [5.74, 6) is -35.1. The first-order chi connectivity index (χ1) is 16.3. The summed E-state index contributed by atoms with van der Waals surface area (Å²) in [7, 11) is -10.7. The van der Waals surface area contributed by atoms with Crippen LogP contribution in [-0.4, -0.2) is 128 Å². The number of halogens is 13. The first-order valence-corrected chi connectivity index (χ1v) is 12.3. The topological polar surface area (TPSA) is 135 Å². The second-order valence-corrected chi connectivity index (χ2v) is 11.4. The van der Waals surface area contributed by atoms with E-state index in [-0.39, 0.29) is 0 Å². The molecule has 0 saturated carbocycles. The fourth-order valence-corrected chi connectivity index (χ4v) is 4.70. The van der Waals surface area contributed by atoms with Gasteiger partial charge in [-0.2, -0.15) is 69.8 Å². The van der Waals surface area contributed by atoms with E-state index >= 15 is 0 Å². The molecule has 230 valence electrons. The van der Waals surface area contributed by atoms with Crippen LogP contribution in [0.1, 0.15) is 0 Å². The molecule has 38 heavy (non-hydrogen) atoms. The smallest absolute Gasteiger partial charge is 0.391 e. The quantitative estimate of drug-likeness (QED) is 0.193. The van der Waals surface area contributed by atoms with Gasteiger partial charge in [0.25, 0.3) is 20.1 Å². The molecule has 0 rings (SSSR count). The van der Waals surface area contributed by atoms with Gasteiger partial charge in [-0.1, -0.05) is 0 Å². The molecule has 0 aromatic carbocycles. The summed E-state index contributed by atoms with van der Waals surface area (Å²) in [5.41, 5.74) is 0. The molecule has 0 aliphatic heterocycles. The number of hydrogen-bond acceptors (Lipinski definition) is 7. The Morgan fingerprint density at radius 2 is 1.00 bits per heavy atom. The molecule has 0 aromatic heterocycles. The van der Waals surface area contributed by atoms with Gasteiger partial charge in [-0.3, -0.25) is 4.55 Å². The average molecular weight is 638 g/mol. The van der Waals surface area contributed by atoms with Gasteiger partial charge in [-0.05, 0) is 14.1 Å². The molecule has 2 unspecified atom stereocenters.